The third-order valence-electron chi connectivity index (χ3n) is 3.22. The summed E-state index contributed by atoms with van der Waals surface area (Å²) in [6.45, 7) is 3.61. The summed E-state index contributed by atoms with van der Waals surface area (Å²) >= 11 is 6.26. The van der Waals surface area contributed by atoms with Gasteiger partial charge < -0.3 is 16.2 Å². The molecule has 0 aliphatic rings. The molecule has 0 unspecified atom stereocenters. The summed E-state index contributed by atoms with van der Waals surface area (Å²) in [6.07, 6.45) is -3.58. The van der Waals surface area contributed by atoms with Gasteiger partial charge in [-0.05, 0) is 26.8 Å². The maximum absolute atomic E-state index is 12.9. The number of hydrogen-bond donors (Lipinski definition) is 3. The van der Waals surface area contributed by atoms with E-state index in [1.165, 1.54) is 20.8 Å². The minimum Gasteiger partial charge on any atom is -0.381 e. The molecule has 8 nitrogen and oxygen atoms in total. The maximum atomic E-state index is 12.9. The van der Waals surface area contributed by atoms with Crippen LogP contribution in [0.5, 0.6) is 0 Å². The predicted molar refractivity (Wildman–Crippen MR) is 107 cm³/mol. The Bertz CT molecular complexity index is 1040. The molecule has 0 saturated carbocycles. The number of nitrogens with two attached hydrogens (primary N) is 1. The number of anilines is 1. The second-order valence-electron chi connectivity index (χ2n) is 6.14. The monoisotopic (exact) mass is 487 g/mol. The van der Waals surface area contributed by atoms with Crippen LogP contribution in [0.1, 0.15) is 31.1 Å². The van der Waals surface area contributed by atoms with E-state index in [1.54, 1.807) is 0 Å². The number of carbonyl (C=O) groups is 2. The van der Waals surface area contributed by atoms with Gasteiger partial charge in [-0.1, -0.05) is 17.7 Å². The van der Waals surface area contributed by atoms with Crippen LogP contribution in [0.15, 0.2) is 37.5 Å². The van der Waals surface area contributed by atoms with E-state index in [4.69, 9.17) is 17.3 Å². The van der Waals surface area contributed by atoms with Crippen LogP contribution < -0.4 is 11.1 Å². The van der Waals surface area contributed by atoms with Gasteiger partial charge in [0.2, 0.25) is 9.84 Å². The molecule has 0 aromatic carbocycles. The van der Waals surface area contributed by atoms with E-state index >= 15 is 0 Å². The number of sulfone groups is 1. The Kier molecular flexibility index (Phi) is 7.99. The van der Waals surface area contributed by atoms with E-state index in [1.807, 2.05) is 0 Å². The molecule has 30 heavy (non-hydrogen) atoms. The van der Waals surface area contributed by atoms with E-state index in [0.717, 1.165) is 12.1 Å². The molecule has 0 saturated heterocycles. The molecule has 0 atom stereocenters. The van der Waals surface area contributed by atoms with Gasteiger partial charge in [0.1, 0.15) is 21.0 Å². The van der Waals surface area contributed by atoms with Crippen LogP contribution in [0.3, 0.4) is 0 Å². The van der Waals surface area contributed by atoms with Gasteiger partial charge in [0.25, 0.3) is 11.8 Å². The van der Waals surface area contributed by atoms with Crippen molar-refractivity contribution in [1.82, 2.24) is 0 Å². The summed E-state index contributed by atoms with van der Waals surface area (Å²) in [5, 5.41) is 11.1. The van der Waals surface area contributed by atoms with Gasteiger partial charge in [-0.15, -0.1) is 11.3 Å². The molecule has 0 spiro atoms. The van der Waals surface area contributed by atoms with Crippen LogP contribution in [0.25, 0.3) is 0 Å². The molecular weight excluding hydrogens is 471 g/mol. The highest BCUT2D eigenvalue weighted by Gasteiger charge is 2.31. The van der Waals surface area contributed by atoms with Gasteiger partial charge >= 0.3 is 6.18 Å². The number of nitrogens with zero attached hydrogens (tertiary/aromatic N) is 1. The fourth-order valence-corrected chi connectivity index (χ4v) is 5.14. The van der Waals surface area contributed by atoms with Crippen LogP contribution in [0.4, 0.5) is 18.2 Å². The first kappa shape index (κ1) is 25.8. The maximum Gasteiger partial charge on any atom is 0.426 e. The van der Waals surface area contributed by atoms with Crippen LogP contribution in [0.2, 0.25) is 0 Å². The third-order valence-corrected chi connectivity index (χ3v) is 7.07. The SMILES string of the molecule is C/C=C(\C(Cl)=C/N=CC(F)(F)F)S(=O)(=O)c1cc(C(N)=O)c(NC(=O)C(C)(C)O)s1. The van der Waals surface area contributed by atoms with Crippen molar-refractivity contribution in [3.63, 3.8) is 0 Å². The molecule has 2 amide bonds. The van der Waals surface area contributed by atoms with E-state index in [2.05, 4.69) is 10.3 Å². The number of primary amides is 1. The molecule has 1 heterocycles. The Morgan fingerprint density at radius 1 is 1.33 bits per heavy atom. The third kappa shape index (κ3) is 6.65. The van der Waals surface area contributed by atoms with E-state index in [9.17, 15) is 36.3 Å². The summed E-state index contributed by atoms with van der Waals surface area (Å²) in [6, 6.07) is 0.884. The van der Waals surface area contributed by atoms with Crippen molar-refractivity contribution in [3.05, 3.63) is 33.8 Å². The number of aliphatic hydroxyl groups is 1. The molecule has 14 heteroatoms. The van der Waals surface area contributed by atoms with Crippen molar-refractivity contribution >= 4 is 55.8 Å². The van der Waals surface area contributed by atoms with Gasteiger partial charge in [0, 0.05) is 6.20 Å². The Morgan fingerprint density at radius 3 is 2.33 bits per heavy atom. The highest BCUT2D eigenvalue weighted by molar-refractivity contribution is 7.97. The number of alkyl halides is 3. The van der Waals surface area contributed by atoms with Crippen molar-refractivity contribution in [3.8, 4) is 0 Å². The van der Waals surface area contributed by atoms with Crippen molar-refractivity contribution in [1.29, 1.82) is 0 Å². The topological polar surface area (TPSA) is 139 Å². The zero-order valence-corrected chi connectivity index (χ0v) is 18.1. The Morgan fingerprint density at radius 2 is 1.90 bits per heavy atom. The number of thiophene rings is 1. The first-order chi connectivity index (χ1) is 13.5. The molecule has 0 bridgehead atoms. The Hall–Kier alpha value is -2.22. The molecule has 0 fully saturated rings. The fourth-order valence-electron chi connectivity index (χ4n) is 1.81. The van der Waals surface area contributed by atoms with Gasteiger partial charge in [-0.3, -0.25) is 14.6 Å². The molecular formula is C16H17ClF3N3O5S2. The first-order valence-electron chi connectivity index (χ1n) is 7.86. The highest BCUT2D eigenvalue weighted by atomic mass is 35.5. The Balaban J connectivity index is 3.42. The number of rotatable bonds is 7. The van der Waals surface area contributed by atoms with Gasteiger partial charge in [-0.25, -0.2) is 8.42 Å². The van der Waals surface area contributed by atoms with Gasteiger partial charge in [0.05, 0.1) is 15.5 Å². The summed E-state index contributed by atoms with van der Waals surface area (Å²) in [5.74, 6) is -1.99. The molecule has 4 N–H and O–H groups in total. The van der Waals surface area contributed by atoms with E-state index < -0.39 is 47.6 Å². The van der Waals surface area contributed by atoms with Crippen LogP contribution in [-0.2, 0) is 14.6 Å². The highest BCUT2D eigenvalue weighted by Crippen LogP contribution is 2.37. The predicted octanol–water partition coefficient (Wildman–Crippen LogP) is 2.95. The lowest BCUT2D eigenvalue weighted by Crippen LogP contribution is -2.36. The number of amides is 2. The standard InChI is InChI=1S/C16H17ClF3N3O5S2/c1-4-10(9(17)6-22-7-16(18,19)20)30(27,28)11-5-8(12(21)24)13(29-11)23-14(25)15(2,3)26/h4-7,26H,1-3H3,(H2,21,24)(H,23,25)/b9-6+,10-4+,22-7?. The summed E-state index contributed by atoms with van der Waals surface area (Å²) in [7, 11) is -4.42. The summed E-state index contributed by atoms with van der Waals surface area (Å²) < 4.78 is 61.7. The molecule has 1 rings (SSSR count). The molecule has 166 valence electrons. The minimum absolute atomic E-state index is 0.237. The van der Waals surface area contributed by atoms with Crippen LogP contribution in [-0.4, -0.2) is 43.3 Å². The van der Waals surface area contributed by atoms with Gasteiger partial charge in [0.15, 0.2) is 0 Å². The lowest BCUT2D eigenvalue weighted by atomic mass is 10.1. The zero-order chi connectivity index (χ0) is 23.5. The second-order valence-corrected chi connectivity index (χ2v) is 9.74. The number of carbonyl (C=O) groups excluding carboxylic acids is 2. The van der Waals surface area contributed by atoms with Gasteiger partial charge in [-0.2, -0.15) is 13.2 Å². The molecule has 0 aliphatic carbocycles. The number of allylic oxidation sites excluding steroid dienone is 2. The van der Waals surface area contributed by atoms with E-state index in [-0.39, 0.29) is 16.8 Å². The average molecular weight is 488 g/mol. The normalized spacial score (nSPS) is 14.3. The second kappa shape index (κ2) is 9.29. The largest absolute Gasteiger partial charge is 0.426 e. The molecule has 0 aliphatic heterocycles. The lowest BCUT2D eigenvalue weighted by Gasteiger charge is -2.16. The zero-order valence-electron chi connectivity index (χ0n) is 15.7. The van der Waals surface area contributed by atoms with Crippen molar-refractivity contribution in [2.45, 2.75) is 36.8 Å². The minimum atomic E-state index is -4.72. The first-order valence-corrected chi connectivity index (χ1v) is 10.5. The summed E-state index contributed by atoms with van der Waals surface area (Å²) in [4.78, 5) is 26.0. The number of nitrogens with one attached hydrogen (secondary N) is 1. The lowest BCUT2D eigenvalue weighted by molar-refractivity contribution is -0.130. The molecule has 1 aromatic heterocycles. The Labute approximate surface area is 178 Å². The summed E-state index contributed by atoms with van der Waals surface area (Å²) in [5.41, 5.74) is 3.03. The molecule has 1 aromatic rings. The average Bonchev–Trinajstić information content (AvgIpc) is 2.98. The number of halogens is 4. The van der Waals surface area contributed by atoms with Crippen molar-refractivity contribution in [2.75, 3.05) is 5.32 Å². The number of aliphatic imine (C=N–C) groups is 1. The van der Waals surface area contributed by atoms with E-state index in [0.29, 0.717) is 17.5 Å². The van der Waals surface area contributed by atoms with Crippen LogP contribution in [0, 0.1) is 0 Å². The number of hydrogen-bond acceptors (Lipinski definition) is 7. The quantitative estimate of drug-likeness (QED) is 0.401. The smallest absolute Gasteiger partial charge is 0.381 e. The van der Waals surface area contributed by atoms with Crippen LogP contribution >= 0.6 is 22.9 Å². The van der Waals surface area contributed by atoms with Crippen molar-refractivity contribution < 1.29 is 36.3 Å². The fraction of sp³-hybridized carbons (Fsp3) is 0.312. The van der Waals surface area contributed by atoms with Crippen molar-refractivity contribution in [2.24, 2.45) is 10.7 Å². The molecule has 0 radical (unpaired) electrons.